The van der Waals surface area contributed by atoms with Gasteiger partial charge in [-0.2, -0.15) is 8.42 Å². The van der Waals surface area contributed by atoms with Gasteiger partial charge in [-0.3, -0.25) is 14.7 Å². The molecule has 0 fully saturated rings. The van der Waals surface area contributed by atoms with Crippen molar-refractivity contribution in [1.82, 2.24) is 0 Å². The lowest BCUT2D eigenvalue weighted by molar-refractivity contribution is -0.384. The molecule has 0 amide bonds. The summed E-state index contributed by atoms with van der Waals surface area (Å²) in [5.74, 6) is 0. The molecule has 220 valence electrons. The second-order valence-electron chi connectivity index (χ2n) is 10.0. The standard InChI is InChI=1S/C25H20ClN3O2S.C7H8O3S/c1-27-22-14-19(26)21(29(30)31)15-23(22)32-24(27)13-12-18-17-10-6-7-11-20(17)28(2)25(18)16-8-4-3-5-9-16;1-6-2-4-7(5-3-6)11(8,9)10/h3-15,25H,1-2H3;2-5H,1H3,(H,8,9,10). The average Bonchev–Trinajstić information content (AvgIpc) is 3.44. The molecule has 2 aliphatic heterocycles. The van der Waals surface area contributed by atoms with E-state index in [1.807, 2.05) is 24.9 Å². The number of para-hydroxylation sites is 1. The van der Waals surface area contributed by atoms with Crippen LogP contribution < -0.4 is 9.80 Å². The summed E-state index contributed by atoms with van der Waals surface area (Å²) >= 11 is 7.65. The highest BCUT2D eigenvalue weighted by molar-refractivity contribution is 8.03. The van der Waals surface area contributed by atoms with Crippen LogP contribution in [-0.4, -0.2) is 32.0 Å². The van der Waals surface area contributed by atoms with E-state index in [1.165, 1.54) is 46.3 Å². The summed E-state index contributed by atoms with van der Waals surface area (Å²) in [6, 6.07) is 28.2. The zero-order chi connectivity index (χ0) is 30.9. The molecular formula is C32H28ClN3O5S2. The van der Waals surface area contributed by atoms with E-state index < -0.39 is 15.0 Å². The molecule has 2 heterocycles. The Morgan fingerprint density at radius 1 is 0.930 bits per heavy atom. The fourth-order valence-electron chi connectivity index (χ4n) is 5.07. The van der Waals surface area contributed by atoms with Crippen molar-refractivity contribution in [2.45, 2.75) is 22.8 Å². The van der Waals surface area contributed by atoms with E-state index >= 15 is 0 Å². The van der Waals surface area contributed by atoms with Gasteiger partial charge in [0.15, 0.2) is 0 Å². The fourth-order valence-corrected chi connectivity index (χ4v) is 6.85. The van der Waals surface area contributed by atoms with Gasteiger partial charge in [-0.05, 0) is 48.4 Å². The molecule has 0 aromatic heterocycles. The van der Waals surface area contributed by atoms with Crippen LogP contribution in [0.2, 0.25) is 5.02 Å². The first-order valence-corrected chi connectivity index (χ1v) is 15.8. The third-order valence-corrected chi connectivity index (χ3v) is 9.58. The molecule has 2 aliphatic rings. The van der Waals surface area contributed by atoms with Crippen molar-refractivity contribution in [3.8, 4) is 0 Å². The predicted molar refractivity (Wildman–Crippen MR) is 173 cm³/mol. The first kappa shape index (κ1) is 30.4. The van der Waals surface area contributed by atoms with Gasteiger partial charge in [0.1, 0.15) is 5.02 Å². The Kier molecular flexibility index (Phi) is 8.66. The number of anilines is 2. The first-order valence-electron chi connectivity index (χ1n) is 13.2. The maximum absolute atomic E-state index is 11.3. The molecule has 4 aromatic carbocycles. The number of likely N-dealkylation sites (N-methyl/N-ethyl adjacent to an activating group) is 1. The highest BCUT2D eigenvalue weighted by Gasteiger charge is 2.32. The number of hydrogen-bond donors (Lipinski definition) is 1. The second-order valence-corrected chi connectivity index (χ2v) is 12.9. The molecule has 0 radical (unpaired) electrons. The minimum Gasteiger partial charge on any atom is -0.363 e. The van der Waals surface area contributed by atoms with Gasteiger partial charge in [0, 0.05) is 36.3 Å². The number of rotatable bonds is 4. The third kappa shape index (κ3) is 6.33. The minimum absolute atomic E-state index is 0.0666. The average molecular weight is 634 g/mol. The van der Waals surface area contributed by atoms with Gasteiger partial charge < -0.3 is 9.80 Å². The van der Waals surface area contributed by atoms with E-state index in [0.29, 0.717) is 0 Å². The molecule has 11 heteroatoms. The zero-order valence-electron chi connectivity index (χ0n) is 23.5. The Bertz CT molecular complexity index is 1860. The number of benzene rings is 4. The number of nitrogens with zero attached hydrogens (tertiary/aromatic N) is 3. The van der Waals surface area contributed by atoms with E-state index in [2.05, 4.69) is 72.6 Å². The fraction of sp³-hybridized carbons (Fsp3) is 0.125. The number of fused-ring (bicyclic) bond motifs is 2. The number of hydrogen-bond acceptors (Lipinski definition) is 7. The Morgan fingerprint density at radius 2 is 1.58 bits per heavy atom. The molecule has 0 aliphatic carbocycles. The molecule has 1 unspecified atom stereocenters. The molecule has 4 aromatic rings. The lowest BCUT2D eigenvalue weighted by Gasteiger charge is -2.24. The molecule has 43 heavy (non-hydrogen) atoms. The molecule has 1 N–H and O–H groups in total. The summed E-state index contributed by atoms with van der Waals surface area (Å²) in [5, 5.41) is 12.4. The highest BCUT2D eigenvalue weighted by atomic mass is 35.5. The Balaban J connectivity index is 0.000000283. The van der Waals surface area contributed by atoms with Gasteiger partial charge in [-0.25, -0.2) is 0 Å². The van der Waals surface area contributed by atoms with Crippen molar-refractivity contribution in [1.29, 1.82) is 0 Å². The van der Waals surface area contributed by atoms with Gasteiger partial charge in [0.2, 0.25) is 0 Å². The van der Waals surface area contributed by atoms with Crippen LogP contribution in [0.5, 0.6) is 0 Å². The first-order chi connectivity index (χ1) is 20.5. The molecule has 0 bridgehead atoms. The zero-order valence-corrected chi connectivity index (χ0v) is 25.9. The lowest BCUT2D eigenvalue weighted by Crippen LogP contribution is -2.19. The van der Waals surface area contributed by atoms with E-state index in [4.69, 9.17) is 16.2 Å². The largest absolute Gasteiger partial charge is 0.363 e. The molecule has 0 saturated carbocycles. The van der Waals surface area contributed by atoms with Gasteiger partial charge in [-0.1, -0.05) is 95.7 Å². The monoisotopic (exact) mass is 633 g/mol. The van der Waals surface area contributed by atoms with Crippen molar-refractivity contribution in [2.75, 3.05) is 23.9 Å². The molecule has 0 spiro atoms. The molecular weight excluding hydrogens is 606 g/mol. The number of aryl methyl sites for hydroxylation is 1. The summed E-state index contributed by atoms with van der Waals surface area (Å²) in [5.41, 5.74) is 6.62. The summed E-state index contributed by atoms with van der Waals surface area (Å²) in [4.78, 5) is 15.9. The number of nitro benzene ring substituents is 1. The van der Waals surface area contributed by atoms with Crippen LogP contribution >= 0.6 is 23.4 Å². The maximum atomic E-state index is 11.3. The quantitative estimate of drug-likeness (QED) is 0.136. The minimum atomic E-state index is -4.02. The normalized spacial score (nSPS) is 17.5. The van der Waals surface area contributed by atoms with Crippen LogP contribution in [0.1, 0.15) is 22.7 Å². The van der Waals surface area contributed by atoms with E-state index in [0.717, 1.165) is 21.2 Å². The predicted octanol–water partition coefficient (Wildman–Crippen LogP) is 8.15. The summed E-state index contributed by atoms with van der Waals surface area (Å²) in [6.45, 7) is 1.84. The number of allylic oxidation sites excluding steroid dienone is 2. The van der Waals surface area contributed by atoms with Crippen LogP contribution in [0, 0.1) is 17.0 Å². The van der Waals surface area contributed by atoms with Crippen LogP contribution in [0.3, 0.4) is 0 Å². The summed E-state index contributed by atoms with van der Waals surface area (Å²) in [6.07, 6.45) is 4.26. The molecule has 8 nitrogen and oxygen atoms in total. The van der Waals surface area contributed by atoms with Crippen LogP contribution in [-0.2, 0) is 10.1 Å². The van der Waals surface area contributed by atoms with Gasteiger partial charge in [0.05, 0.1) is 26.6 Å². The summed E-state index contributed by atoms with van der Waals surface area (Å²) in [7, 11) is 0.0565. The van der Waals surface area contributed by atoms with Crippen LogP contribution in [0.4, 0.5) is 17.1 Å². The molecule has 0 saturated heterocycles. The van der Waals surface area contributed by atoms with Crippen molar-refractivity contribution in [2.24, 2.45) is 0 Å². The van der Waals surface area contributed by atoms with Gasteiger partial charge in [0.25, 0.3) is 15.8 Å². The van der Waals surface area contributed by atoms with Crippen LogP contribution in [0.25, 0.3) is 5.57 Å². The smallest absolute Gasteiger partial charge is 0.294 e. The van der Waals surface area contributed by atoms with Crippen molar-refractivity contribution >= 4 is 56.1 Å². The SMILES string of the molecule is CN1C(=CC=C2c3ccccc3N(C)C2c2ccccc2)Sc2cc([N+](=O)[O-])c(Cl)cc21.Cc1ccc(S(=O)(=O)O)cc1. The molecule has 1 atom stereocenters. The Labute approximate surface area is 259 Å². The number of thioether (sulfide) groups is 1. The van der Waals surface area contributed by atoms with Crippen molar-refractivity contribution in [3.63, 3.8) is 0 Å². The van der Waals surface area contributed by atoms with E-state index in [1.54, 1.807) is 24.3 Å². The van der Waals surface area contributed by atoms with Crippen molar-refractivity contribution in [3.05, 3.63) is 140 Å². The molecule has 6 rings (SSSR count). The van der Waals surface area contributed by atoms with Gasteiger partial charge >= 0.3 is 0 Å². The van der Waals surface area contributed by atoms with E-state index in [-0.39, 0.29) is 21.6 Å². The highest BCUT2D eigenvalue weighted by Crippen LogP contribution is 2.50. The number of halogens is 1. The number of nitro groups is 1. The van der Waals surface area contributed by atoms with Crippen LogP contribution in [0.15, 0.2) is 118 Å². The van der Waals surface area contributed by atoms with Gasteiger partial charge in [-0.15, -0.1) is 0 Å². The van der Waals surface area contributed by atoms with E-state index in [9.17, 15) is 18.5 Å². The third-order valence-electron chi connectivity index (χ3n) is 7.25. The maximum Gasteiger partial charge on any atom is 0.294 e. The topological polar surface area (TPSA) is 104 Å². The lowest BCUT2D eigenvalue weighted by atomic mass is 9.96. The Hall–Kier alpha value is -4.09. The Morgan fingerprint density at radius 3 is 2.23 bits per heavy atom. The summed E-state index contributed by atoms with van der Waals surface area (Å²) < 4.78 is 29.6. The second kappa shape index (κ2) is 12.3. The van der Waals surface area contributed by atoms with Crippen molar-refractivity contribution < 1.29 is 17.9 Å².